The SMILES string of the molecule is CCCCCC[C@@H](C)OC(=O)CCl. The molecule has 0 unspecified atom stereocenters. The Balaban J connectivity index is 3.29. The van der Waals surface area contributed by atoms with Gasteiger partial charge in [0.05, 0.1) is 6.10 Å². The highest BCUT2D eigenvalue weighted by Crippen LogP contribution is 2.08. The van der Waals surface area contributed by atoms with Gasteiger partial charge in [0.1, 0.15) is 5.88 Å². The van der Waals surface area contributed by atoms with Crippen molar-refractivity contribution in [3.63, 3.8) is 0 Å². The number of hydrogen-bond donors (Lipinski definition) is 0. The fourth-order valence-corrected chi connectivity index (χ4v) is 1.24. The lowest BCUT2D eigenvalue weighted by molar-refractivity contribution is -0.145. The van der Waals surface area contributed by atoms with E-state index in [4.69, 9.17) is 16.3 Å². The van der Waals surface area contributed by atoms with Gasteiger partial charge in [-0.25, -0.2) is 0 Å². The smallest absolute Gasteiger partial charge is 0.321 e. The molecule has 0 rings (SSSR count). The van der Waals surface area contributed by atoms with E-state index >= 15 is 0 Å². The van der Waals surface area contributed by atoms with Gasteiger partial charge in [-0.15, -0.1) is 11.6 Å². The maximum absolute atomic E-state index is 10.8. The van der Waals surface area contributed by atoms with E-state index in [2.05, 4.69) is 6.92 Å². The van der Waals surface area contributed by atoms with Gasteiger partial charge in [-0.1, -0.05) is 26.2 Å². The molecule has 0 amide bonds. The molecule has 13 heavy (non-hydrogen) atoms. The minimum Gasteiger partial charge on any atom is -0.462 e. The minimum atomic E-state index is -0.315. The third-order valence-corrected chi connectivity index (χ3v) is 2.12. The predicted octanol–water partition coefficient (Wildman–Crippen LogP) is 3.13. The molecule has 0 aliphatic heterocycles. The second kappa shape index (κ2) is 8.36. The lowest BCUT2D eigenvalue weighted by Gasteiger charge is -2.11. The Bertz CT molecular complexity index is 137. The van der Waals surface area contributed by atoms with Gasteiger partial charge in [0.25, 0.3) is 0 Å². The summed E-state index contributed by atoms with van der Waals surface area (Å²) in [5.74, 6) is -0.357. The van der Waals surface area contributed by atoms with Gasteiger partial charge in [0, 0.05) is 0 Å². The first kappa shape index (κ1) is 12.8. The molecule has 0 saturated carbocycles. The Labute approximate surface area is 85.6 Å². The van der Waals surface area contributed by atoms with Crippen LogP contribution in [0, 0.1) is 0 Å². The number of unbranched alkanes of at least 4 members (excludes halogenated alkanes) is 3. The Morgan fingerprint density at radius 3 is 2.62 bits per heavy atom. The zero-order valence-electron chi connectivity index (χ0n) is 8.51. The molecule has 0 radical (unpaired) electrons. The van der Waals surface area contributed by atoms with Crippen LogP contribution in [-0.2, 0) is 9.53 Å². The molecule has 0 aromatic carbocycles. The van der Waals surface area contributed by atoms with E-state index in [0.29, 0.717) is 0 Å². The zero-order valence-corrected chi connectivity index (χ0v) is 9.27. The summed E-state index contributed by atoms with van der Waals surface area (Å²) in [7, 11) is 0. The van der Waals surface area contributed by atoms with E-state index in [-0.39, 0.29) is 18.0 Å². The number of carbonyl (C=O) groups excluding carboxylic acids is 1. The number of carbonyl (C=O) groups is 1. The molecule has 0 heterocycles. The maximum atomic E-state index is 10.8. The van der Waals surface area contributed by atoms with Gasteiger partial charge in [0.2, 0.25) is 0 Å². The topological polar surface area (TPSA) is 26.3 Å². The Hall–Kier alpha value is -0.240. The average Bonchev–Trinajstić information content (AvgIpc) is 2.12. The summed E-state index contributed by atoms with van der Waals surface area (Å²) in [5, 5.41) is 0. The van der Waals surface area contributed by atoms with Crippen LogP contribution in [0.3, 0.4) is 0 Å². The Morgan fingerprint density at radius 2 is 2.08 bits per heavy atom. The Morgan fingerprint density at radius 1 is 1.38 bits per heavy atom. The average molecular weight is 207 g/mol. The molecule has 0 fully saturated rings. The molecule has 0 spiro atoms. The second-order valence-electron chi connectivity index (χ2n) is 3.28. The highest BCUT2D eigenvalue weighted by atomic mass is 35.5. The highest BCUT2D eigenvalue weighted by Gasteiger charge is 2.06. The van der Waals surface area contributed by atoms with Gasteiger partial charge in [-0.3, -0.25) is 4.79 Å². The van der Waals surface area contributed by atoms with E-state index in [9.17, 15) is 4.79 Å². The van der Waals surface area contributed by atoms with Crippen molar-refractivity contribution in [3.05, 3.63) is 0 Å². The van der Waals surface area contributed by atoms with Crippen LogP contribution in [0.5, 0.6) is 0 Å². The molecule has 0 saturated heterocycles. The van der Waals surface area contributed by atoms with Crippen LogP contribution >= 0.6 is 11.6 Å². The maximum Gasteiger partial charge on any atom is 0.321 e. The lowest BCUT2D eigenvalue weighted by Crippen LogP contribution is -2.15. The summed E-state index contributed by atoms with van der Waals surface area (Å²) < 4.78 is 5.01. The number of esters is 1. The van der Waals surface area contributed by atoms with Crippen molar-refractivity contribution < 1.29 is 9.53 Å². The molecule has 0 aromatic heterocycles. The van der Waals surface area contributed by atoms with Crippen LogP contribution < -0.4 is 0 Å². The van der Waals surface area contributed by atoms with Crippen LogP contribution in [-0.4, -0.2) is 18.0 Å². The molecule has 0 aliphatic carbocycles. The number of alkyl halides is 1. The first-order valence-electron chi connectivity index (χ1n) is 4.96. The standard InChI is InChI=1S/C10H19ClO2/c1-3-4-5-6-7-9(2)13-10(12)8-11/h9H,3-8H2,1-2H3/t9-/m1/s1. The van der Waals surface area contributed by atoms with Gasteiger partial charge >= 0.3 is 5.97 Å². The van der Waals surface area contributed by atoms with E-state index in [1.54, 1.807) is 0 Å². The second-order valence-corrected chi connectivity index (χ2v) is 3.55. The summed E-state index contributed by atoms with van der Waals surface area (Å²) in [5.41, 5.74) is 0. The lowest BCUT2D eigenvalue weighted by atomic mass is 10.1. The van der Waals surface area contributed by atoms with Gasteiger partial charge in [0.15, 0.2) is 0 Å². The summed E-state index contributed by atoms with van der Waals surface area (Å²) in [6, 6.07) is 0. The van der Waals surface area contributed by atoms with Crippen molar-refractivity contribution in [1.82, 2.24) is 0 Å². The van der Waals surface area contributed by atoms with Crippen LogP contribution in [0.15, 0.2) is 0 Å². The van der Waals surface area contributed by atoms with Crippen molar-refractivity contribution in [2.75, 3.05) is 5.88 Å². The fraction of sp³-hybridized carbons (Fsp3) is 0.900. The highest BCUT2D eigenvalue weighted by molar-refractivity contribution is 6.26. The normalized spacial score (nSPS) is 12.5. The van der Waals surface area contributed by atoms with E-state index in [0.717, 1.165) is 12.8 Å². The molecule has 0 aliphatic rings. The third-order valence-electron chi connectivity index (χ3n) is 1.91. The quantitative estimate of drug-likeness (QED) is 0.364. The molecule has 1 atom stereocenters. The predicted molar refractivity (Wildman–Crippen MR) is 55.0 cm³/mol. The van der Waals surface area contributed by atoms with Crippen LogP contribution in [0.1, 0.15) is 46.0 Å². The first-order valence-corrected chi connectivity index (χ1v) is 5.49. The number of hydrogen-bond acceptors (Lipinski definition) is 2. The summed E-state index contributed by atoms with van der Waals surface area (Å²) >= 11 is 5.31. The van der Waals surface area contributed by atoms with Gasteiger partial charge < -0.3 is 4.74 Å². The van der Waals surface area contributed by atoms with Gasteiger partial charge in [-0.05, 0) is 19.8 Å². The van der Waals surface area contributed by atoms with Gasteiger partial charge in [-0.2, -0.15) is 0 Å². The molecule has 0 aromatic rings. The zero-order chi connectivity index (χ0) is 10.1. The fourth-order valence-electron chi connectivity index (χ4n) is 1.17. The Kier molecular flexibility index (Phi) is 8.21. The molecular formula is C10H19ClO2. The molecule has 0 bridgehead atoms. The van der Waals surface area contributed by atoms with Crippen molar-refractivity contribution >= 4 is 17.6 Å². The van der Waals surface area contributed by atoms with E-state index in [1.807, 2.05) is 6.92 Å². The van der Waals surface area contributed by atoms with Crippen molar-refractivity contribution in [2.24, 2.45) is 0 Å². The molecule has 78 valence electrons. The summed E-state index contributed by atoms with van der Waals surface area (Å²) in [4.78, 5) is 10.8. The van der Waals surface area contributed by atoms with Crippen LogP contribution in [0.2, 0.25) is 0 Å². The molecule has 0 N–H and O–H groups in total. The van der Waals surface area contributed by atoms with E-state index in [1.165, 1.54) is 19.3 Å². The first-order chi connectivity index (χ1) is 6.20. The molecule has 2 nitrogen and oxygen atoms in total. The largest absolute Gasteiger partial charge is 0.462 e. The monoisotopic (exact) mass is 206 g/mol. The van der Waals surface area contributed by atoms with Crippen molar-refractivity contribution in [3.8, 4) is 0 Å². The van der Waals surface area contributed by atoms with Crippen LogP contribution in [0.4, 0.5) is 0 Å². The number of halogens is 1. The molecular weight excluding hydrogens is 188 g/mol. The van der Waals surface area contributed by atoms with Crippen LogP contribution in [0.25, 0.3) is 0 Å². The number of ether oxygens (including phenoxy) is 1. The minimum absolute atomic E-state index is 0.0168. The van der Waals surface area contributed by atoms with Crippen molar-refractivity contribution in [2.45, 2.75) is 52.1 Å². The number of rotatable bonds is 7. The van der Waals surface area contributed by atoms with E-state index < -0.39 is 0 Å². The summed E-state index contributed by atoms with van der Waals surface area (Å²) in [6.45, 7) is 4.09. The summed E-state index contributed by atoms with van der Waals surface area (Å²) in [6.07, 6.45) is 5.81. The third kappa shape index (κ3) is 8.10. The van der Waals surface area contributed by atoms with Crippen molar-refractivity contribution in [1.29, 1.82) is 0 Å². The molecule has 3 heteroatoms.